The van der Waals surface area contributed by atoms with Gasteiger partial charge >= 0.3 is 5.97 Å². The highest BCUT2D eigenvalue weighted by molar-refractivity contribution is 5.92. The highest BCUT2D eigenvalue weighted by Gasteiger charge is 2.46. The fourth-order valence-electron chi connectivity index (χ4n) is 6.26. The topological polar surface area (TPSA) is 150 Å². The highest BCUT2D eigenvalue weighted by Crippen LogP contribution is 2.44. The molecule has 3 amide bonds. The summed E-state index contributed by atoms with van der Waals surface area (Å²) in [5, 5.41) is 18.8. The Kier molecular flexibility index (Phi) is 9.32. The van der Waals surface area contributed by atoms with Crippen molar-refractivity contribution in [2.75, 3.05) is 6.54 Å². The lowest BCUT2D eigenvalue weighted by atomic mass is 9.68. The van der Waals surface area contributed by atoms with Crippen LogP contribution in [-0.2, 0) is 23.9 Å². The van der Waals surface area contributed by atoms with E-state index in [4.69, 9.17) is 9.72 Å². The fraction of sp³-hybridized carbons (Fsp3) is 0.559. The molecule has 0 unspecified atom stereocenters. The molecule has 242 valence electrons. The van der Waals surface area contributed by atoms with Crippen LogP contribution in [0.15, 0.2) is 36.4 Å². The molecule has 4 N–H and O–H groups in total. The lowest BCUT2D eigenvalue weighted by Crippen LogP contribution is -2.61. The van der Waals surface area contributed by atoms with Gasteiger partial charge in [-0.05, 0) is 82.9 Å². The second-order valence-corrected chi connectivity index (χ2v) is 13.5. The van der Waals surface area contributed by atoms with Gasteiger partial charge in [0.15, 0.2) is 6.10 Å². The van der Waals surface area contributed by atoms with E-state index >= 15 is 0 Å². The van der Waals surface area contributed by atoms with E-state index in [0.29, 0.717) is 50.8 Å². The predicted octanol–water partition coefficient (Wildman–Crippen LogP) is 3.32. The smallest absolute Gasteiger partial charge is 0.316 e. The Hall–Kier alpha value is -3.83. The van der Waals surface area contributed by atoms with Crippen LogP contribution in [0.4, 0.5) is 0 Å². The molecule has 11 heteroatoms. The van der Waals surface area contributed by atoms with Gasteiger partial charge in [0.05, 0.1) is 28.3 Å². The number of fused-ring (bicyclic) bond motifs is 4. The number of aliphatic hydroxyl groups is 1. The Balaban J connectivity index is 1.54. The van der Waals surface area contributed by atoms with Crippen molar-refractivity contribution in [3.63, 3.8) is 0 Å². The minimum absolute atomic E-state index is 0.246. The van der Waals surface area contributed by atoms with Gasteiger partial charge in [0.2, 0.25) is 5.91 Å². The molecule has 3 aliphatic rings. The Morgan fingerprint density at radius 2 is 1.67 bits per heavy atom. The van der Waals surface area contributed by atoms with Gasteiger partial charge in [0.1, 0.15) is 12.1 Å². The quantitative estimate of drug-likeness (QED) is 0.355. The van der Waals surface area contributed by atoms with Gasteiger partial charge in [0, 0.05) is 11.9 Å². The van der Waals surface area contributed by atoms with Crippen LogP contribution in [0.25, 0.3) is 17.0 Å². The Labute approximate surface area is 264 Å². The Morgan fingerprint density at radius 3 is 2.38 bits per heavy atom. The van der Waals surface area contributed by atoms with Crippen molar-refractivity contribution in [3.05, 3.63) is 47.7 Å². The number of nitrogens with one attached hydrogen (secondary N) is 3. The van der Waals surface area contributed by atoms with E-state index in [-0.39, 0.29) is 17.9 Å². The summed E-state index contributed by atoms with van der Waals surface area (Å²) in [6, 6.07) is 7.74. The van der Waals surface area contributed by atoms with Crippen LogP contribution < -0.4 is 16.1 Å². The van der Waals surface area contributed by atoms with Gasteiger partial charge in [-0.3, -0.25) is 29.2 Å². The van der Waals surface area contributed by atoms with Crippen LogP contribution in [0.3, 0.4) is 0 Å². The summed E-state index contributed by atoms with van der Waals surface area (Å²) in [6.45, 7) is 9.16. The van der Waals surface area contributed by atoms with Gasteiger partial charge < -0.3 is 20.5 Å². The molecule has 2 fully saturated rings. The normalized spacial score (nSPS) is 32.0. The molecule has 1 saturated carbocycles. The molecular formula is C34H45N5O6. The minimum atomic E-state index is -1.13. The molecule has 1 aliphatic carbocycles. The van der Waals surface area contributed by atoms with Crippen LogP contribution >= 0.6 is 0 Å². The highest BCUT2D eigenvalue weighted by atomic mass is 16.5. The van der Waals surface area contributed by atoms with Gasteiger partial charge in [0.25, 0.3) is 11.8 Å². The Morgan fingerprint density at radius 1 is 0.978 bits per heavy atom. The molecule has 2 aromatic rings. The number of hydrogen-bond acceptors (Lipinski definition) is 8. The zero-order chi connectivity index (χ0) is 32.5. The standard InChI is InChI=1S/C34H45N5O6/c1-20(2)28-30(41)36-22(4)31(42)39-18-6-7-26(38-39)29(40)35-21(3)25-11-10-24-9-8-23(19-27(24)37-25)12-13-34(32(43)45-28)16-14-33(5,44)15-17-34/h8-13,19-22,26,28,38,44H,6-7,14-18H2,1-5H3,(H,35,40)(H,36,41)/t21-,22+,26+,28+,33?,34?/m1/s1. The minimum Gasteiger partial charge on any atom is -0.451 e. The summed E-state index contributed by atoms with van der Waals surface area (Å²) < 4.78 is 5.96. The molecule has 3 heterocycles. The molecule has 1 aromatic carbocycles. The maximum Gasteiger partial charge on any atom is 0.316 e. The first-order chi connectivity index (χ1) is 21.3. The van der Waals surface area contributed by atoms with Crippen molar-refractivity contribution in [3.8, 4) is 0 Å². The average molecular weight is 620 g/mol. The molecule has 5 rings (SSSR count). The lowest BCUT2D eigenvalue weighted by Gasteiger charge is -2.40. The van der Waals surface area contributed by atoms with Gasteiger partial charge in [-0.25, -0.2) is 5.43 Å². The second-order valence-electron chi connectivity index (χ2n) is 13.5. The summed E-state index contributed by atoms with van der Waals surface area (Å²) in [5.41, 5.74) is 3.34. The third-order valence-electron chi connectivity index (χ3n) is 9.36. The van der Waals surface area contributed by atoms with Crippen LogP contribution in [-0.4, -0.2) is 69.1 Å². The van der Waals surface area contributed by atoms with E-state index in [1.54, 1.807) is 27.7 Å². The molecule has 5 bridgehead atoms. The summed E-state index contributed by atoms with van der Waals surface area (Å²) in [7, 11) is 0. The molecule has 1 aromatic heterocycles. The monoisotopic (exact) mass is 619 g/mol. The Bertz CT molecular complexity index is 1490. The number of esters is 1. The number of ether oxygens (including phenoxy) is 1. The number of carbonyl (C=O) groups is 4. The van der Waals surface area contributed by atoms with Crippen molar-refractivity contribution >= 4 is 40.7 Å². The second kappa shape index (κ2) is 12.9. The maximum absolute atomic E-state index is 14.0. The maximum atomic E-state index is 14.0. The lowest BCUT2D eigenvalue weighted by molar-refractivity contribution is -0.170. The van der Waals surface area contributed by atoms with Crippen molar-refractivity contribution in [1.82, 2.24) is 26.1 Å². The summed E-state index contributed by atoms with van der Waals surface area (Å²) in [5.74, 6) is -2.11. The van der Waals surface area contributed by atoms with E-state index in [9.17, 15) is 24.3 Å². The van der Waals surface area contributed by atoms with E-state index < -0.39 is 47.0 Å². The molecule has 1 saturated heterocycles. The molecule has 4 atom stereocenters. The van der Waals surface area contributed by atoms with Gasteiger partial charge in [-0.15, -0.1) is 0 Å². The first-order valence-corrected chi connectivity index (χ1v) is 16.0. The number of carbonyl (C=O) groups excluding carboxylic acids is 4. The van der Waals surface area contributed by atoms with Crippen LogP contribution in [0.1, 0.15) is 90.4 Å². The van der Waals surface area contributed by atoms with E-state index in [2.05, 4.69) is 16.1 Å². The fourth-order valence-corrected chi connectivity index (χ4v) is 6.26. The summed E-state index contributed by atoms with van der Waals surface area (Å²) in [4.78, 5) is 58.9. The number of cyclic esters (lactones) is 1. The first-order valence-electron chi connectivity index (χ1n) is 16.0. The molecule has 0 radical (unpaired) electrons. The number of nitrogens with zero attached hydrogens (tertiary/aromatic N) is 2. The zero-order valence-corrected chi connectivity index (χ0v) is 26.8. The first kappa shape index (κ1) is 32.6. The van der Waals surface area contributed by atoms with Crippen LogP contribution in [0, 0.1) is 11.3 Å². The van der Waals surface area contributed by atoms with Gasteiger partial charge in [-0.2, -0.15) is 0 Å². The van der Waals surface area contributed by atoms with E-state index in [0.717, 1.165) is 16.5 Å². The number of pyridine rings is 1. The van der Waals surface area contributed by atoms with Crippen molar-refractivity contribution in [2.24, 2.45) is 11.3 Å². The van der Waals surface area contributed by atoms with Gasteiger partial charge in [-0.1, -0.05) is 44.2 Å². The average Bonchev–Trinajstić information content (AvgIpc) is 3.01. The molecule has 1 spiro atoms. The van der Waals surface area contributed by atoms with Crippen LogP contribution in [0.2, 0.25) is 0 Å². The molecule has 2 aliphatic heterocycles. The number of hydrazine groups is 1. The largest absolute Gasteiger partial charge is 0.451 e. The summed E-state index contributed by atoms with van der Waals surface area (Å²) in [6.07, 6.45) is 5.22. The molecular weight excluding hydrogens is 574 g/mol. The molecule has 45 heavy (non-hydrogen) atoms. The van der Waals surface area contributed by atoms with E-state index in [1.807, 2.05) is 49.4 Å². The van der Waals surface area contributed by atoms with Crippen molar-refractivity contribution < 1.29 is 29.0 Å². The van der Waals surface area contributed by atoms with E-state index in [1.165, 1.54) is 5.01 Å². The zero-order valence-electron chi connectivity index (χ0n) is 26.8. The SMILES string of the molecule is CC(C)[C@@H]1OC(=O)C2(C=Cc3ccc4ccc(nc4c3)[C@@H](C)NC(=O)[C@@H]3CCCN(N3)C(=O)[C@H](C)NC1=O)CCC(C)(O)CC2. The number of hydrogen-bond donors (Lipinski definition) is 4. The van der Waals surface area contributed by atoms with Crippen molar-refractivity contribution in [1.29, 1.82) is 0 Å². The third kappa shape index (κ3) is 7.20. The predicted molar refractivity (Wildman–Crippen MR) is 169 cm³/mol. The number of aromatic nitrogens is 1. The summed E-state index contributed by atoms with van der Waals surface area (Å²) >= 11 is 0. The number of benzene rings is 1. The van der Waals surface area contributed by atoms with Crippen molar-refractivity contribution in [2.45, 2.75) is 103 Å². The third-order valence-corrected chi connectivity index (χ3v) is 9.36. The van der Waals surface area contributed by atoms with Crippen LogP contribution in [0.5, 0.6) is 0 Å². The molecule has 11 nitrogen and oxygen atoms in total. The number of amides is 3. The number of rotatable bonds is 1.